The lowest BCUT2D eigenvalue weighted by Crippen LogP contribution is -2.27. The molecule has 1 unspecified atom stereocenters. The van der Waals surface area contributed by atoms with Gasteiger partial charge in [-0.1, -0.05) is 6.07 Å². The van der Waals surface area contributed by atoms with Crippen LogP contribution in [-0.2, 0) is 0 Å². The third kappa shape index (κ3) is 4.23. The molecular formula is C15H22F2N2O. The maximum Gasteiger partial charge on any atom is 0.131 e. The first-order valence-electron chi connectivity index (χ1n) is 7.23. The largest absolute Gasteiger partial charge is 0.387 e. The predicted octanol–water partition coefficient (Wildman–Crippen LogP) is 2.07. The molecule has 0 aromatic heterocycles. The van der Waals surface area contributed by atoms with Gasteiger partial charge in [0.15, 0.2) is 0 Å². The number of nitrogens with zero attached hydrogens (tertiary/aromatic N) is 1. The smallest absolute Gasteiger partial charge is 0.131 e. The molecule has 20 heavy (non-hydrogen) atoms. The van der Waals surface area contributed by atoms with Crippen molar-refractivity contribution in [3.63, 3.8) is 0 Å². The monoisotopic (exact) mass is 284 g/mol. The van der Waals surface area contributed by atoms with Crippen LogP contribution in [0.3, 0.4) is 0 Å². The van der Waals surface area contributed by atoms with Crippen LogP contribution in [0.15, 0.2) is 18.2 Å². The highest BCUT2D eigenvalue weighted by Crippen LogP contribution is 2.19. The zero-order valence-corrected chi connectivity index (χ0v) is 11.6. The van der Waals surface area contributed by atoms with Crippen molar-refractivity contribution < 1.29 is 13.9 Å². The highest BCUT2D eigenvalue weighted by molar-refractivity contribution is 5.22. The number of hydrogen-bond donors (Lipinski definition) is 2. The van der Waals surface area contributed by atoms with Gasteiger partial charge in [-0.05, 0) is 57.6 Å². The first-order valence-corrected chi connectivity index (χ1v) is 7.23. The Bertz CT molecular complexity index is 402. The third-order valence-corrected chi connectivity index (χ3v) is 3.70. The molecule has 3 nitrogen and oxygen atoms in total. The summed E-state index contributed by atoms with van der Waals surface area (Å²) in [4.78, 5) is 2.41. The maximum absolute atomic E-state index is 13.4. The Balaban J connectivity index is 1.68. The minimum atomic E-state index is -1.15. The van der Waals surface area contributed by atoms with Crippen LogP contribution in [0.4, 0.5) is 8.78 Å². The Morgan fingerprint density at radius 3 is 2.50 bits per heavy atom. The van der Waals surface area contributed by atoms with Gasteiger partial charge >= 0.3 is 0 Å². The average molecular weight is 284 g/mol. The molecule has 0 aliphatic carbocycles. The molecule has 112 valence electrons. The summed E-state index contributed by atoms with van der Waals surface area (Å²) in [5.74, 6) is -1.40. The molecule has 0 bridgehead atoms. The summed E-state index contributed by atoms with van der Waals surface area (Å²) < 4.78 is 26.9. The Morgan fingerprint density at radius 2 is 1.85 bits per heavy atom. The molecule has 0 saturated carbocycles. The quantitative estimate of drug-likeness (QED) is 0.753. The summed E-state index contributed by atoms with van der Waals surface area (Å²) in [6, 6.07) is 3.62. The topological polar surface area (TPSA) is 35.5 Å². The molecular weight excluding hydrogens is 262 g/mol. The Hall–Kier alpha value is -1.04. The van der Waals surface area contributed by atoms with Gasteiger partial charge < -0.3 is 15.3 Å². The minimum Gasteiger partial charge on any atom is -0.387 e. The second-order valence-electron chi connectivity index (χ2n) is 5.26. The van der Waals surface area contributed by atoms with Gasteiger partial charge in [-0.25, -0.2) is 8.78 Å². The van der Waals surface area contributed by atoms with Crippen LogP contribution < -0.4 is 5.32 Å². The number of nitrogens with one attached hydrogen (secondary N) is 1. The number of halogens is 2. The molecule has 0 amide bonds. The predicted molar refractivity (Wildman–Crippen MR) is 74.5 cm³/mol. The van der Waals surface area contributed by atoms with E-state index in [1.165, 1.54) is 32.0 Å². The fourth-order valence-corrected chi connectivity index (χ4v) is 2.60. The van der Waals surface area contributed by atoms with E-state index in [1.807, 2.05) is 0 Å². The summed E-state index contributed by atoms with van der Waals surface area (Å²) in [5, 5.41) is 12.9. The molecule has 0 spiro atoms. The SMILES string of the molecule is OC(CNCCCN1CCCC1)c1c(F)cccc1F. The average Bonchev–Trinajstić information content (AvgIpc) is 2.91. The number of benzene rings is 1. The van der Waals surface area contributed by atoms with Crippen molar-refractivity contribution in [3.05, 3.63) is 35.4 Å². The number of likely N-dealkylation sites (tertiary alicyclic amines) is 1. The molecule has 1 atom stereocenters. The molecule has 1 aliphatic rings. The zero-order chi connectivity index (χ0) is 14.4. The van der Waals surface area contributed by atoms with Crippen LogP contribution in [0.2, 0.25) is 0 Å². The zero-order valence-electron chi connectivity index (χ0n) is 11.6. The first-order chi connectivity index (χ1) is 9.68. The molecule has 1 fully saturated rings. The van der Waals surface area contributed by atoms with Crippen LogP contribution in [0.5, 0.6) is 0 Å². The van der Waals surface area contributed by atoms with Crippen molar-refractivity contribution in [2.24, 2.45) is 0 Å². The van der Waals surface area contributed by atoms with Gasteiger partial charge in [-0.3, -0.25) is 0 Å². The fourth-order valence-electron chi connectivity index (χ4n) is 2.60. The molecule has 1 saturated heterocycles. The standard InChI is InChI=1S/C15H22F2N2O/c16-12-5-3-6-13(17)15(12)14(20)11-18-7-4-10-19-8-1-2-9-19/h3,5-6,14,18,20H,1-2,4,7-11H2. The highest BCUT2D eigenvalue weighted by Gasteiger charge is 2.17. The second kappa shape index (κ2) is 7.67. The molecule has 1 aromatic carbocycles. The summed E-state index contributed by atoms with van der Waals surface area (Å²) in [5.41, 5.74) is -0.250. The van der Waals surface area contributed by atoms with Gasteiger partial charge in [-0.15, -0.1) is 0 Å². The maximum atomic E-state index is 13.4. The van der Waals surface area contributed by atoms with Crippen LogP contribution >= 0.6 is 0 Å². The minimum absolute atomic E-state index is 0.165. The summed E-state index contributed by atoms with van der Waals surface area (Å²) in [7, 11) is 0. The normalized spacial score (nSPS) is 17.6. The van der Waals surface area contributed by atoms with Crippen LogP contribution in [0, 0.1) is 11.6 Å². The molecule has 1 aromatic rings. The molecule has 1 aliphatic heterocycles. The molecule has 2 rings (SSSR count). The van der Waals surface area contributed by atoms with Crippen molar-refractivity contribution in [3.8, 4) is 0 Å². The lowest BCUT2D eigenvalue weighted by molar-refractivity contribution is 0.164. The number of aliphatic hydroxyl groups excluding tert-OH is 1. The summed E-state index contributed by atoms with van der Waals surface area (Å²) in [6.07, 6.45) is 2.38. The lowest BCUT2D eigenvalue weighted by Gasteiger charge is -2.16. The molecule has 1 heterocycles. The number of hydrogen-bond acceptors (Lipinski definition) is 3. The highest BCUT2D eigenvalue weighted by atomic mass is 19.1. The van der Waals surface area contributed by atoms with E-state index in [4.69, 9.17) is 0 Å². The van der Waals surface area contributed by atoms with E-state index in [9.17, 15) is 13.9 Å². The van der Waals surface area contributed by atoms with Gasteiger partial charge in [0.2, 0.25) is 0 Å². The third-order valence-electron chi connectivity index (χ3n) is 3.70. The number of aliphatic hydroxyl groups is 1. The summed E-state index contributed by atoms with van der Waals surface area (Å²) >= 11 is 0. The van der Waals surface area contributed by atoms with Gasteiger partial charge in [0.1, 0.15) is 11.6 Å². The van der Waals surface area contributed by atoms with Crippen molar-refractivity contribution >= 4 is 0 Å². The van der Waals surface area contributed by atoms with Crippen molar-refractivity contribution in [1.82, 2.24) is 10.2 Å². The van der Waals surface area contributed by atoms with Crippen LogP contribution in [0.25, 0.3) is 0 Å². The van der Waals surface area contributed by atoms with Crippen LogP contribution in [0.1, 0.15) is 30.9 Å². The van der Waals surface area contributed by atoms with Crippen molar-refractivity contribution in [2.45, 2.75) is 25.4 Å². The van der Waals surface area contributed by atoms with E-state index in [1.54, 1.807) is 0 Å². The first kappa shape index (κ1) is 15.4. The fraction of sp³-hybridized carbons (Fsp3) is 0.600. The van der Waals surface area contributed by atoms with E-state index in [2.05, 4.69) is 10.2 Å². The van der Waals surface area contributed by atoms with Crippen molar-refractivity contribution in [2.75, 3.05) is 32.7 Å². The summed E-state index contributed by atoms with van der Waals surface area (Å²) in [6.45, 7) is 4.28. The Labute approximate surface area is 118 Å². The van der Waals surface area contributed by atoms with E-state index in [-0.39, 0.29) is 12.1 Å². The Morgan fingerprint density at radius 1 is 1.20 bits per heavy atom. The molecule has 2 N–H and O–H groups in total. The van der Waals surface area contributed by atoms with Gasteiger partial charge in [-0.2, -0.15) is 0 Å². The van der Waals surface area contributed by atoms with Gasteiger partial charge in [0.25, 0.3) is 0 Å². The van der Waals surface area contributed by atoms with E-state index >= 15 is 0 Å². The lowest BCUT2D eigenvalue weighted by atomic mass is 10.1. The Kier molecular flexibility index (Phi) is 5.88. The second-order valence-corrected chi connectivity index (χ2v) is 5.26. The van der Waals surface area contributed by atoms with Crippen LogP contribution in [-0.4, -0.2) is 42.7 Å². The number of rotatable bonds is 7. The van der Waals surface area contributed by atoms with Crippen molar-refractivity contribution in [1.29, 1.82) is 0 Å². The van der Waals surface area contributed by atoms with Gasteiger partial charge in [0, 0.05) is 6.54 Å². The molecule has 0 radical (unpaired) electrons. The van der Waals surface area contributed by atoms with E-state index in [0.29, 0.717) is 0 Å². The molecule has 5 heteroatoms. The van der Waals surface area contributed by atoms with E-state index < -0.39 is 17.7 Å². The van der Waals surface area contributed by atoms with E-state index in [0.717, 1.165) is 31.6 Å². The van der Waals surface area contributed by atoms with Gasteiger partial charge in [0.05, 0.1) is 11.7 Å².